The van der Waals surface area contributed by atoms with E-state index in [0.717, 1.165) is 25.9 Å². The van der Waals surface area contributed by atoms with Crippen LogP contribution in [0.4, 0.5) is 26.4 Å². The molecule has 0 bridgehead atoms. The van der Waals surface area contributed by atoms with E-state index in [1.807, 2.05) is 7.05 Å². The van der Waals surface area contributed by atoms with Crippen molar-refractivity contribution >= 4 is 40.7 Å². The lowest BCUT2D eigenvalue weighted by atomic mass is 9.96. The van der Waals surface area contributed by atoms with Gasteiger partial charge in [-0.1, -0.05) is 11.6 Å². The maximum absolute atomic E-state index is 13.0. The second-order valence-electron chi connectivity index (χ2n) is 8.27. The second-order valence-corrected chi connectivity index (χ2v) is 8.68. The van der Waals surface area contributed by atoms with Crippen molar-refractivity contribution in [1.82, 2.24) is 9.88 Å². The number of likely N-dealkylation sites (tertiary alicyclic amines) is 1. The van der Waals surface area contributed by atoms with Crippen molar-refractivity contribution < 1.29 is 18.7 Å². The fraction of sp³-hybridized carbons (Fsp3) is 0.240. The Hall–Kier alpha value is -3.69. The highest BCUT2D eigenvalue weighted by Gasteiger charge is 2.23. The average Bonchev–Trinajstić information content (AvgIpc) is 2.83. The Balaban J connectivity index is 1.34. The van der Waals surface area contributed by atoms with Crippen molar-refractivity contribution in [1.29, 1.82) is 0 Å². The summed E-state index contributed by atoms with van der Waals surface area (Å²) in [5.41, 5.74) is 0.816. The van der Waals surface area contributed by atoms with Gasteiger partial charge in [-0.2, -0.15) is 0 Å². The lowest BCUT2D eigenvalue weighted by Gasteiger charge is -2.27. The number of piperidine rings is 1. The van der Waals surface area contributed by atoms with Gasteiger partial charge in [0.05, 0.1) is 10.7 Å². The summed E-state index contributed by atoms with van der Waals surface area (Å²) in [6.07, 6.45) is 3.19. The van der Waals surface area contributed by atoms with Gasteiger partial charge in [-0.3, -0.25) is 4.79 Å². The quantitative estimate of drug-likeness (QED) is 0.412. The van der Waals surface area contributed by atoms with Crippen LogP contribution in [-0.2, 0) is 4.79 Å². The highest BCUT2D eigenvalue weighted by molar-refractivity contribution is 6.34. The van der Waals surface area contributed by atoms with Crippen LogP contribution in [0.1, 0.15) is 12.8 Å². The van der Waals surface area contributed by atoms with E-state index < -0.39 is 11.8 Å². The third-order valence-corrected chi connectivity index (χ3v) is 5.91. The molecule has 8 nitrogen and oxygen atoms in total. The molecule has 3 aromatic rings. The Morgan fingerprint density at radius 3 is 2.43 bits per heavy atom. The zero-order chi connectivity index (χ0) is 24.8. The van der Waals surface area contributed by atoms with Crippen LogP contribution < -0.4 is 20.7 Å². The monoisotopic (exact) mass is 497 g/mol. The average molecular weight is 498 g/mol. The van der Waals surface area contributed by atoms with E-state index in [1.54, 1.807) is 36.5 Å². The topological polar surface area (TPSA) is 95.6 Å². The van der Waals surface area contributed by atoms with Crippen LogP contribution in [0, 0.1) is 11.7 Å². The van der Waals surface area contributed by atoms with Gasteiger partial charge in [0.2, 0.25) is 5.91 Å². The van der Waals surface area contributed by atoms with Gasteiger partial charge in [0.15, 0.2) is 0 Å². The molecule has 0 radical (unpaired) electrons. The number of amides is 3. The van der Waals surface area contributed by atoms with Crippen LogP contribution in [-0.4, -0.2) is 42.0 Å². The van der Waals surface area contributed by atoms with Crippen LogP contribution in [0.5, 0.6) is 11.5 Å². The summed E-state index contributed by atoms with van der Waals surface area (Å²) in [6.45, 7) is 1.79. The molecule has 3 N–H and O–H groups in total. The molecule has 2 heterocycles. The number of nitrogens with zero attached hydrogens (tertiary/aromatic N) is 2. The smallest absolute Gasteiger partial charge is 0.323 e. The first-order valence-corrected chi connectivity index (χ1v) is 11.5. The molecule has 1 aromatic heterocycles. The van der Waals surface area contributed by atoms with Gasteiger partial charge in [-0.15, -0.1) is 0 Å². The predicted octanol–water partition coefficient (Wildman–Crippen LogP) is 5.59. The van der Waals surface area contributed by atoms with Crippen molar-refractivity contribution in [2.75, 3.05) is 36.1 Å². The number of pyridine rings is 1. The molecular weight excluding hydrogens is 473 g/mol. The van der Waals surface area contributed by atoms with Crippen LogP contribution in [0.25, 0.3) is 0 Å². The Morgan fingerprint density at radius 2 is 1.71 bits per heavy atom. The van der Waals surface area contributed by atoms with Crippen molar-refractivity contribution in [2.45, 2.75) is 12.8 Å². The molecule has 0 spiro atoms. The van der Waals surface area contributed by atoms with Gasteiger partial charge in [0.1, 0.15) is 23.1 Å². The Labute approximate surface area is 207 Å². The first kappa shape index (κ1) is 24.4. The van der Waals surface area contributed by atoms with Gasteiger partial charge in [-0.05, 0) is 75.4 Å². The number of hydrogen-bond donors (Lipinski definition) is 3. The number of aromatic nitrogens is 1. The van der Waals surface area contributed by atoms with Crippen molar-refractivity contribution in [3.05, 3.63) is 71.6 Å². The Bertz CT molecular complexity index is 1200. The number of carbonyl (C=O) groups is 2. The molecule has 1 aliphatic rings. The largest absolute Gasteiger partial charge is 0.457 e. The molecule has 1 fully saturated rings. The molecule has 35 heavy (non-hydrogen) atoms. The summed E-state index contributed by atoms with van der Waals surface area (Å²) < 4.78 is 18.9. The molecule has 0 atom stereocenters. The SMILES string of the molecule is CN1CCC(C(=O)Nc2cc(Oc3ccc(NC(=O)Nc4ccc(F)cc4)c(Cl)c3)ccn2)CC1. The Morgan fingerprint density at radius 1 is 1.00 bits per heavy atom. The van der Waals surface area contributed by atoms with Gasteiger partial charge >= 0.3 is 6.03 Å². The van der Waals surface area contributed by atoms with E-state index >= 15 is 0 Å². The number of rotatable bonds is 6. The lowest BCUT2D eigenvalue weighted by molar-refractivity contribution is -0.121. The number of urea groups is 1. The zero-order valence-corrected chi connectivity index (χ0v) is 19.8. The highest BCUT2D eigenvalue weighted by Crippen LogP contribution is 2.30. The van der Waals surface area contributed by atoms with Crippen LogP contribution in [0.3, 0.4) is 0 Å². The molecule has 182 valence electrons. The summed E-state index contributed by atoms with van der Waals surface area (Å²) in [5.74, 6) is 0.864. The molecule has 1 saturated heterocycles. The van der Waals surface area contributed by atoms with Gasteiger partial charge in [-0.25, -0.2) is 14.2 Å². The van der Waals surface area contributed by atoms with Crippen LogP contribution >= 0.6 is 11.6 Å². The maximum atomic E-state index is 13.0. The van der Waals surface area contributed by atoms with E-state index in [-0.39, 0.29) is 16.8 Å². The summed E-state index contributed by atoms with van der Waals surface area (Å²) in [6, 6.07) is 13.0. The number of nitrogens with one attached hydrogen (secondary N) is 3. The molecule has 2 aromatic carbocycles. The third kappa shape index (κ3) is 6.91. The normalized spacial score (nSPS) is 14.3. The minimum absolute atomic E-state index is 0.0308. The number of hydrogen-bond acceptors (Lipinski definition) is 5. The van der Waals surface area contributed by atoms with Crippen LogP contribution in [0.15, 0.2) is 60.8 Å². The maximum Gasteiger partial charge on any atom is 0.323 e. The van der Waals surface area contributed by atoms with Gasteiger partial charge in [0, 0.05) is 29.9 Å². The van der Waals surface area contributed by atoms with Gasteiger partial charge < -0.3 is 25.6 Å². The number of halogens is 2. The first-order chi connectivity index (χ1) is 16.9. The Kier molecular flexibility index (Phi) is 7.79. The number of benzene rings is 2. The van der Waals surface area contributed by atoms with E-state index in [1.165, 1.54) is 24.3 Å². The molecule has 3 amide bonds. The van der Waals surface area contributed by atoms with E-state index in [9.17, 15) is 14.0 Å². The molecule has 0 saturated carbocycles. The van der Waals surface area contributed by atoms with Crippen LogP contribution in [0.2, 0.25) is 5.02 Å². The summed E-state index contributed by atoms with van der Waals surface area (Å²) in [7, 11) is 2.05. The van der Waals surface area contributed by atoms with Crippen molar-refractivity contribution in [3.63, 3.8) is 0 Å². The van der Waals surface area contributed by atoms with E-state index in [4.69, 9.17) is 16.3 Å². The first-order valence-electron chi connectivity index (χ1n) is 11.1. The zero-order valence-electron chi connectivity index (χ0n) is 19.1. The van der Waals surface area contributed by atoms with Crippen molar-refractivity contribution in [3.8, 4) is 11.5 Å². The summed E-state index contributed by atoms with van der Waals surface area (Å²) >= 11 is 6.31. The number of carbonyl (C=O) groups excluding carboxylic acids is 2. The van der Waals surface area contributed by atoms with Crippen molar-refractivity contribution in [2.24, 2.45) is 5.92 Å². The van der Waals surface area contributed by atoms with E-state index in [2.05, 4.69) is 25.8 Å². The molecular formula is C25H25ClFN5O3. The second kappa shape index (κ2) is 11.2. The molecule has 1 aliphatic heterocycles. The molecule has 4 rings (SSSR count). The molecule has 10 heteroatoms. The number of anilines is 3. The standard InChI is InChI=1S/C25H25ClFN5O3/c1-32-12-9-16(10-13-32)24(33)31-23-15-20(8-11-28-23)35-19-6-7-22(21(26)14-19)30-25(34)29-18-4-2-17(27)3-5-18/h2-8,11,14-16H,9-10,12-13H2,1H3,(H,28,31,33)(H2,29,30,34). The minimum atomic E-state index is -0.522. The predicted molar refractivity (Wildman–Crippen MR) is 134 cm³/mol. The number of ether oxygens (including phenoxy) is 1. The summed E-state index contributed by atoms with van der Waals surface area (Å²) in [4.78, 5) is 31.2. The molecule has 0 aliphatic carbocycles. The van der Waals surface area contributed by atoms with Gasteiger partial charge in [0.25, 0.3) is 0 Å². The fourth-order valence-corrected chi connectivity index (χ4v) is 3.87. The highest BCUT2D eigenvalue weighted by atomic mass is 35.5. The minimum Gasteiger partial charge on any atom is -0.457 e. The molecule has 0 unspecified atom stereocenters. The fourth-order valence-electron chi connectivity index (χ4n) is 3.66. The van der Waals surface area contributed by atoms with E-state index in [0.29, 0.717) is 28.7 Å². The third-order valence-electron chi connectivity index (χ3n) is 5.60. The lowest BCUT2D eigenvalue weighted by Crippen LogP contribution is -2.36. The summed E-state index contributed by atoms with van der Waals surface area (Å²) in [5, 5.41) is 8.37.